The van der Waals surface area contributed by atoms with Crippen molar-refractivity contribution in [2.75, 3.05) is 19.5 Å². The molecule has 0 atom stereocenters. The minimum Gasteiger partial charge on any atom is -0.497 e. The van der Waals surface area contributed by atoms with Gasteiger partial charge in [0.2, 0.25) is 0 Å². The fraction of sp³-hybridized carbons (Fsp3) is 0.214. The first-order valence-corrected chi connectivity index (χ1v) is 11.0. The van der Waals surface area contributed by atoms with Gasteiger partial charge in [0, 0.05) is 45.8 Å². The van der Waals surface area contributed by atoms with Crippen LogP contribution in [0.25, 0.3) is 5.70 Å². The summed E-state index contributed by atoms with van der Waals surface area (Å²) in [6, 6.07) is 19.7. The molecule has 3 aromatic rings. The lowest BCUT2D eigenvalue weighted by Gasteiger charge is -2.35. The third-order valence-corrected chi connectivity index (χ3v) is 5.72. The van der Waals surface area contributed by atoms with Gasteiger partial charge in [-0.1, -0.05) is 24.3 Å². The van der Waals surface area contributed by atoms with E-state index >= 15 is 0 Å². The smallest absolute Gasteiger partial charge is 0.255 e. The third-order valence-electron chi connectivity index (χ3n) is 5.72. The molecule has 0 aliphatic carbocycles. The van der Waals surface area contributed by atoms with Crippen LogP contribution in [0.3, 0.4) is 0 Å². The van der Waals surface area contributed by atoms with Crippen molar-refractivity contribution < 1.29 is 19.1 Å². The first kappa shape index (κ1) is 23.1. The fourth-order valence-corrected chi connectivity index (χ4v) is 4.09. The number of anilines is 1. The lowest BCUT2D eigenvalue weighted by Crippen LogP contribution is -2.43. The van der Waals surface area contributed by atoms with E-state index in [1.54, 1.807) is 68.8 Å². The van der Waals surface area contributed by atoms with E-state index in [9.17, 15) is 9.59 Å². The molecule has 0 unspecified atom stereocenters. The molecule has 1 heterocycles. The maximum Gasteiger partial charge on any atom is 0.255 e. The molecule has 0 fully saturated rings. The molecule has 34 heavy (non-hydrogen) atoms. The number of ketones is 1. The van der Waals surface area contributed by atoms with Gasteiger partial charge in [-0.2, -0.15) is 0 Å². The second kappa shape index (κ2) is 9.43. The Bertz CT molecular complexity index is 1280. The fourth-order valence-electron chi connectivity index (χ4n) is 4.09. The van der Waals surface area contributed by atoms with Crippen LogP contribution in [-0.2, 0) is 6.42 Å². The van der Waals surface area contributed by atoms with E-state index in [0.29, 0.717) is 22.6 Å². The molecule has 3 aromatic carbocycles. The second-order valence-electron chi connectivity index (χ2n) is 8.90. The molecule has 1 amide bonds. The Morgan fingerprint density at radius 1 is 0.912 bits per heavy atom. The largest absolute Gasteiger partial charge is 0.497 e. The van der Waals surface area contributed by atoms with Crippen molar-refractivity contribution in [2.24, 2.45) is 0 Å². The highest BCUT2D eigenvalue weighted by atomic mass is 16.5. The minimum atomic E-state index is -0.303. The van der Waals surface area contributed by atoms with Gasteiger partial charge in [0.15, 0.2) is 5.78 Å². The number of methoxy groups -OCH3 is 2. The third kappa shape index (κ3) is 5.12. The predicted octanol–water partition coefficient (Wildman–Crippen LogP) is 5.10. The summed E-state index contributed by atoms with van der Waals surface area (Å²) in [5.41, 5.74) is 4.07. The van der Waals surface area contributed by atoms with Crippen LogP contribution in [0.5, 0.6) is 11.5 Å². The number of amides is 1. The van der Waals surface area contributed by atoms with Crippen LogP contribution in [0.15, 0.2) is 72.8 Å². The molecule has 6 heteroatoms. The molecule has 0 aromatic heterocycles. The SMILES string of the molecule is COc1cccc(NC(=O)c2cccc(C(=O)C=C3NC(C)(C)Cc4ccc(OC)cc43)c2)c1. The predicted molar refractivity (Wildman–Crippen MR) is 134 cm³/mol. The Labute approximate surface area is 199 Å². The van der Waals surface area contributed by atoms with Gasteiger partial charge >= 0.3 is 0 Å². The van der Waals surface area contributed by atoms with Crippen LogP contribution >= 0.6 is 0 Å². The molecular formula is C28H28N2O4. The molecule has 0 bridgehead atoms. The monoisotopic (exact) mass is 456 g/mol. The average Bonchev–Trinajstić information content (AvgIpc) is 2.83. The highest BCUT2D eigenvalue weighted by Gasteiger charge is 2.28. The van der Waals surface area contributed by atoms with E-state index in [2.05, 4.69) is 24.5 Å². The van der Waals surface area contributed by atoms with Crippen molar-refractivity contribution in [1.29, 1.82) is 0 Å². The molecule has 0 saturated carbocycles. The first-order valence-electron chi connectivity index (χ1n) is 11.0. The summed E-state index contributed by atoms with van der Waals surface area (Å²) in [5.74, 6) is 0.885. The number of carbonyl (C=O) groups excluding carboxylic acids is 2. The van der Waals surface area contributed by atoms with Crippen molar-refractivity contribution >= 4 is 23.1 Å². The molecule has 1 aliphatic heterocycles. The van der Waals surface area contributed by atoms with Crippen LogP contribution in [0.2, 0.25) is 0 Å². The van der Waals surface area contributed by atoms with Crippen LogP contribution in [0.1, 0.15) is 45.7 Å². The molecule has 1 aliphatic rings. The van der Waals surface area contributed by atoms with Crippen LogP contribution in [0, 0.1) is 0 Å². The molecular weight excluding hydrogens is 428 g/mol. The zero-order valence-electron chi connectivity index (χ0n) is 19.8. The number of allylic oxidation sites excluding steroid dienone is 1. The number of hydrogen-bond donors (Lipinski definition) is 2. The van der Waals surface area contributed by atoms with Crippen molar-refractivity contribution in [3.8, 4) is 11.5 Å². The van der Waals surface area contributed by atoms with E-state index in [1.165, 1.54) is 0 Å². The maximum atomic E-state index is 13.2. The van der Waals surface area contributed by atoms with Gasteiger partial charge in [-0.05, 0) is 62.2 Å². The zero-order valence-corrected chi connectivity index (χ0v) is 19.8. The van der Waals surface area contributed by atoms with E-state index in [1.807, 2.05) is 18.2 Å². The molecule has 2 N–H and O–H groups in total. The van der Waals surface area contributed by atoms with Gasteiger partial charge in [-0.15, -0.1) is 0 Å². The van der Waals surface area contributed by atoms with E-state index in [4.69, 9.17) is 9.47 Å². The Balaban J connectivity index is 1.60. The molecule has 6 nitrogen and oxygen atoms in total. The van der Waals surface area contributed by atoms with Crippen LogP contribution < -0.4 is 20.1 Å². The summed E-state index contributed by atoms with van der Waals surface area (Å²) in [5, 5.41) is 6.32. The number of ether oxygens (including phenoxy) is 2. The van der Waals surface area contributed by atoms with Crippen molar-refractivity contribution in [2.45, 2.75) is 25.8 Å². The number of nitrogens with one attached hydrogen (secondary N) is 2. The Morgan fingerprint density at radius 3 is 2.38 bits per heavy atom. The van der Waals surface area contributed by atoms with Gasteiger partial charge in [-0.25, -0.2) is 0 Å². The van der Waals surface area contributed by atoms with Gasteiger partial charge in [-0.3, -0.25) is 9.59 Å². The van der Waals surface area contributed by atoms with E-state index < -0.39 is 0 Å². The average molecular weight is 457 g/mol. The van der Waals surface area contributed by atoms with Gasteiger partial charge in [0.25, 0.3) is 5.91 Å². The van der Waals surface area contributed by atoms with Crippen LogP contribution in [-0.4, -0.2) is 31.4 Å². The lowest BCUT2D eigenvalue weighted by atomic mass is 9.85. The van der Waals surface area contributed by atoms with E-state index in [-0.39, 0.29) is 17.2 Å². The standard InChI is InChI=1S/C28H28N2O4/c1-28(2)17-20-11-12-23(34-4)15-24(20)25(30-28)16-26(31)18-7-5-8-19(13-18)27(32)29-21-9-6-10-22(14-21)33-3/h5-16,30H,17H2,1-4H3,(H,29,32). The number of fused-ring (bicyclic) bond motifs is 1. The summed E-state index contributed by atoms with van der Waals surface area (Å²) < 4.78 is 10.6. The number of carbonyl (C=O) groups is 2. The maximum absolute atomic E-state index is 13.2. The highest BCUT2D eigenvalue weighted by molar-refractivity contribution is 6.11. The lowest BCUT2D eigenvalue weighted by molar-refractivity contribution is 0.102. The molecule has 0 spiro atoms. The Morgan fingerprint density at radius 2 is 1.62 bits per heavy atom. The quantitative estimate of drug-likeness (QED) is 0.398. The first-order chi connectivity index (χ1) is 16.3. The van der Waals surface area contributed by atoms with Gasteiger partial charge in [0.1, 0.15) is 11.5 Å². The Hall–Kier alpha value is -4.06. The minimum absolute atomic E-state index is 0.190. The molecule has 4 rings (SSSR count). The van der Waals surface area contributed by atoms with Crippen LogP contribution in [0.4, 0.5) is 5.69 Å². The highest BCUT2D eigenvalue weighted by Crippen LogP contribution is 2.32. The van der Waals surface area contributed by atoms with E-state index in [0.717, 1.165) is 29.0 Å². The van der Waals surface area contributed by atoms with Crippen molar-refractivity contribution in [3.63, 3.8) is 0 Å². The summed E-state index contributed by atoms with van der Waals surface area (Å²) >= 11 is 0. The zero-order chi connectivity index (χ0) is 24.3. The summed E-state index contributed by atoms with van der Waals surface area (Å²) in [7, 11) is 3.19. The van der Waals surface area contributed by atoms with Gasteiger partial charge in [0.05, 0.1) is 14.2 Å². The molecule has 174 valence electrons. The van der Waals surface area contributed by atoms with Crippen molar-refractivity contribution in [3.05, 3.63) is 95.1 Å². The number of benzene rings is 3. The molecule has 0 radical (unpaired) electrons. The molecule has 0 saturated heterocycles. The summed E-state index contributed by atoms with van der Waals surface area (Å²) in [6.45, 7) is 4.20. The normalized spacial score (nSPS) is 15.1. The Kier molecular flexibility index (Phi) is 6.41. The summed E-state index contributed by atoms with van der Waals surface area (Å²) in [4.78, 5) is 26.0. The van der Waals surface area contributed by atoms with Crippen molar-refractivity contribution in [1.82, 2.24) is 5.32 Å². The van der Waals surface area contributed by atoms with Gasteiger partial charge < -0.3 is 20.1 Å². The number of hydrogen-bond acceptors (Lipinski definition) is 5. The summed E-state index contributed by atoms with van der Waals surface area (Å²) in [6.07, 6.45) is 2.43. The second-order valence-corrected chi connectivity index (χ2v) is 8.90. The topological polar surface area (TPSA) is 76.7 Å². The number of rotatable bonds is 6.